The van der Waals surface area contributed by atoms with Crippen LogP contribution in [0.15, 0.2) is 76.4 Å². The Bertz CT molecular complexity index is 1360. The van der Waals surface area contributed by atoms with Crippen molar-refractivity contribution < 1.29 is 14.3 Å². The molecule has 2 aromatic heterocycles. The number of aromatic nitrogens is 2. The van der Waals surface area contributed by atoms with Gasteiger partial charge >= 0.3 is 0 Å². The number of hydrazone groups is 1. The molecule has 2 amide bonds. The van der Waals surface area contributed by atoms with Crippen LogP contribution in [0.2, 0.25) is 0 Å². The zero-order valence-corrected chi connectivity index (χ0v) is 20.2. The number of ether oxygens (including phenoxy) is 1. The van der Waals surface area contributed by atoms with Gasteiger partial charge < -0.3 is 10.1 Å². The molecule has 9 heteroatoms. The number of aryl methyl sites for hydroxylation is 2. The van der Waals surface area contributed by atoms with Crippen molar-refractivity contribution >= 4 is 45.3 Å². The summed E-state index contributed by atoms with van der Waals surface area (Å²) in [5, 5.41) is 6.83. The van der Waals surface area contributed by atoms with Gasteiger partial charge in [0.25, 0.3) is 11.8 Å². The van der Waals surface area contributed by atoms with Crippen LogP contribution >= 0.6 is 15.9 Å². The van der Waals surface area contributed by atoms with Crippen LogP contribution in [0.4, 0.5) is 5.69 Å². The van der Waals surface area contributed by atoms with Crippen molar-refractivity contribution in [2.24, 2.45) is 5.10 Å². The lowest BCUT2D eigenvalue weighted by Gasteiger charge is -2.08. The number of nitrogens with zero attached hydrogens (tertiary/aromatic N) is 3. The summed E-state index contributed by atoms with van der Waals surface area (Å²) in [5.74, 6) is -0.0574. The zero-order chi connectivity index (χ0) is 24.1. The number of pyridine rings is 1. The Balaban J connectivity index is 1.30. The van der Waals surface area contributed by atoms with E-state index >= 15 is 0 Å². The highest BCUT2D eigenvalue weighted by Gasteiger charge is 2.16. The SMILES string of the molecule is Cc1ccc(NC(=O)COc2ccc(/C=N\NC(=O)c3c(C)nc4ccc(Br)cn34)cc2)cc1. The predicted molar refractivity (Wildman–Crippen MR) is 134 cm³/mol. The molecule has 0 unspecified atom stereocenters. The van der Waals surface area contributed by atoms with Gasteiger partial charge in [-0.3, -0.25) is 14.0 Å². The highest BCUT2D eigenvalue weighted by atomic mass is 79.9. The molecular weight excluding hydrogens is 498 g/mol. The molecule has 0 aliphatic heterocycles. The van der Waals surface area contributed by atoms with Crippen molar-refractivity contribution in [2.45, 2.75) is 13.8 Å². The summed E-state index contributed by atoms with van der Waals surface area (Å²) in [4.78, 5) is 29.1. The fraction of sp³-hybridized carbons (Fsp3) is 0.120. The van der Waals surface area contributed by atoms with Crippen molar-refractivity contribution in [2.75, 3.05) is 11.9 Å². The van der Waals surface area contributed by atoms with Gasteiger partial charge in [-0.25, -0.2) is 10.4 Å². The molecule has 0 radical (unpaired) electrons. The molecule has 0 aliphatic carbocycles. The Morgan fingerprint density at radius 1 is 1.06 bits per heavy atom. The second-order valence-corrected chi connectivity index (χ2v) is 8.51. The molecule has 0 aliphatic rings. The van der Waals surface area contributed by atoms with Crippen molar-refractivity contribution in [3.05, 3.63) is 93.8 Å². The third kappa shape index (κ3) is 5.68. The molecule has 0 spiro atoms. The molecule has 4 rings (SSSR count). The summed E-state index contributed by atoms with van der Waals surface area (Å²) in [6.45, 7) is 3.66. The number of anilines is 1. The van der Waals surface area contributed by atoms with Crippen LogP contribution in [-0.4, -0.2) is 34.0 Å². The van der Waals surface area contributed by atoms with Crippen LogP contribution in [0, 0.1) is 13.8 Å². The topological polar surface area (TPSA) is 97.1 Å². The number of carbonyl (C=O) groups excluding carboxylic acids is 2. The van der Waals surface area contributed by atoms with E-state index in [-0.39, 0.29) is 18.4 Å². The lowest BCUT2D eigenvalue weighted by molar-refractivity contribution is -0.118. The first kappa shape index (κ1) is 23.2. The number of halogens is 1. The van der Waals surface area contributed by atoms with Crippen LogP contribution < -0.4 is 15.5 Å². The standard InChI is InChI=1S/C25H22BrN5O3/c1-16-3-8-20(9-4-16)29-23(32)15-34-21-10-5-18(6-11-21)13-27-30-25(33)24-17(2)28-22-12-7-19(26)14-31(22)24/h3-14H,15H2,1-2H3,(H,29,32)(H,30,33)/b27-13-. The average Bonchev–Trinajstić information content (AvgIpc) is 3.15. The van der Waals surface area contributed by atoms with E-state index in [1.807, 2.05) is 43.3 Å². The molecular formula is C25H22BrN5O3. The molecule has 34 heavy (non-hydrogen) atoms. The van der Waals surface area contributed by atoms with Gasteiger partial charge in [0.15, 0.2) is 6.61 Å². The number of benzene rings is 2. The van der Waals surface area contributed by atoms with Gasteiger partial charge in [-0.05, 0) is 83.9 Å². The van der Waals surface area contributed by atoms with E-state index in [9.17, 15) is 9.59 Å². The average molecular weight is 520 g/mol. The van der Waals surface area contributed by atoms with Gasteiger partial charge in [0.1, 0.15) is 17.1 Å². The van der Waals surface area contributed by atoms with E-state index in [0.29, 0.717) is 22.8 Å². The summed E-state index contributed by atoms with van der Waals surface area (Å²) in [6, 6.07) is 18.3. The number of imidazole rings is 1. The highest BCUT2D eigenvalue weighted by Crippen LogP contribution is 2.17. The van der Waals surface area contributed by atoms with Gasteiger partial charge in [0, 0.05) is 16.4 Å². The predicted octanol–water partition coefficient (Wildman–Crippen LogP) is 4.50. The number of nitrogens with one attached hydrogen (secondary N) is 2. The Labute approximate surface area is 204 Å². The Kier molecular flexibility index (Phi) is 7.03. The second-order valence-electron chi connectivity index (χ2n) is 7.59. The molecule has 2 aromatic carbocycles. The van der Waals surface area contributed by atoms with E-state index in [0.717, 1.165) is 21.3 Å². The van der Waals surface area contributed by atoms with E-state index < -0.39 is 0 Å². The van der Waals surface area contributed by atoms with Crippen molar-refractivity contribution in [1.29, 1.82) is 0 Å². The number of hydrogen-bond acceptors (Lipinski definition) is 5. The third-order valence-corrected chi connectivity index (χ3v) is 5.41. The summed E-state index contributed by atoms with van der Waals surface area (Å²) >= 11 is 3.41. The first-order valence-corrected chi connectivity index (χ1v) is 11.3. The number of amides is 2. The molecule has 8 nitrogen and oxygen atoms in total. The maximum absolute atomic E-state index is 12.6. The smallest absolute Gasteiger partial charge is 0.290 e. The van der Waals surface area contributed by atoms with Crippen molar-refractivity contribution in [3.8, 4) is 5.75 Å². The molecule has 0 atom stereocenters. The Morgan fingerprint density at radius 2 is 1.79 bits per heavy atom. The van der Waals surface area contributed by atoms with E-state index in [2.05, 4.69) is 36.8 Å². The number of hydrogen-bond donors (Lipinski definition) is 2. The van der Waals surface area contributed by atoms with Crippen LogP contribution in [0.5, 0.6) is 5.75 Å². The lowest BCUT2D eigenvalue weighted by Crippen LogP contribution is -2.20. The fourth-order valence-electron chi connectivity index (χ4n) is 3.26. The number of rotatable bonds is 7. The minimum absolute atomic E-state index is 0.105. The van der Waals surface area contributed by atoms with Crippen LogP contribution in [0.25, 0.3) is 5.65 Å². The highest BCUT2D eigenvalue weighted by molar-refractivity contribution is 9.10. The normalized spacial score (nSPS) is 11.0. The number of carbonyl (C=O) groups is 2. The molecule has 0 saturated carbocycles. The second kappa shape index (κ2) is 10.3. The van der Waals surface area contributed by atoms with E-state index in [1.165, 1.54) is 6.21 Å². The third-order valence-electron chi connectivity index (χ3n) is 4.94. The summed E-state index contributed by atoms with van der Waals surface area (Å²) < 4.78 is 8.09. The minimum atomic E-state index is -0.362. The van der Waals surface area contributed by atoms with Crippen LogP contribution in [-0.2, 0) is 4.79 Å². The quantitative estimate of drug-likeness (QED) is 0.277. The van der Waals surface area contributed by atoms with Crippen molar-refractivity contribution in [1.82, 2.24) is 14.8 Å². The largest absolute Gasteiger partial charge is 0.484 e. The summed E-state index contributed by atoms with van der Waals surface area (Å²) in [7, 11) is 0. The minimum Gasteiger partial charge on any atom is -0.484 e. The lowest BCUT2D eigenvalue weighted by atomic mass is 10.2. The van der Waals surface area contributed by atoms with Crippen molar-refractivity contribution in [3.63, 3.8) is 0 Å². The van der Waals surface area contributed by atoms with E-state index in [4.69, 9.17) is 4.74 Å². The zero-order valence-electron chi connectivity index (χ0n) is 18.6. The van der Waals surface area contributed by atoms with Gasteiger partial charge in [-0.1, -0.05) is 17.7 Å². The molecule has 2 heterocycles. The summed E-state index contributed by atoms with van der Waals surface area (Å²) in [6.07, 6.45) is 3.31. The Hall–Kier alpha value is -3.98. The van der Waals surface area contributed by atoms with Crippen LogP contribution in [0.1, 0.15) is 27.3 Å². The molecule has 4 aromatic rings. The van der Waals surface area contributed by atoms with Gasteiger partial charge in [-0.2, -0.15) is 5.10 Å². The van der Waals surface area contributed by atoms with Gasteiger partial charge in [-0.15, -0.1) is 0 Å². The van der Waals surface area contributed by atoms with Crippen LogP contribution in [0.3, 0.4) is 0 Å². The molecule has 2 N–H and O–H groups in total. The molecule has 172 valence electrons. The fourth-order valence-corrected chi connectivity index (χ4v) is 3.60. The van der Waals surface area contributed by atoms with E-state index in [1.54, 1.807) is 41.8 Å². The Morgan fingerprint density at radius 3 is 2.53 bits per heavy atom. The maximum atomic E-state index is 12.6. The van der Waals surface area contributed by atoms with Gasteiger partial charge in [0.05, 0.1) is 11.9 Å². The first-order chi connectivity index (χ1) is 16.4. The molecule has 0 bridgehead atoms. The molecule has 0 fully saturated rings. The number of fused-ring (bicyclic) bond motifs is 1. The van der Waals surface area contributed by atoms with Gasteiger partial charge in [0.2, 0.25) is 0 Å². The maximum Gasteiger partial charge on any atom is 0.290 e. The summed E-state index contributed by atoms with van der Waals surface area (Å²) in [5.41, 5.74) is 6.85. The first-order valence-electron chi connectivity index (χ1n) is 10.5. The monoisotopic (exact) mass is 519 g/mol. The molecule has 0 saturated heterocycles.